The van der Waals surface area contributed by atoms with Crippen molar-refractivity contribution < 1.29 is 25.0 Å². The first-order valence-electron chi connectivity index (χ1n) is 5.45. The van der Waals surface area contributed by atoms with Gasteiger partial charge < -0.3 is 10.6 Å². The van der Waals surface area contributed by atoms with Gasteiger partial charge >= 0.3 is 10.4 Å². The first-order chi connectivity index (χ1) is 8.11. The van der Waals surface area contributed by atoms with Gasteiger partial charge in [0.1, 0.15) is 0 Å². The van der Waals surface area contributed by atoms with Crippen LogP contribution in [0.4, 0.5) is 0 Å². The van der Waals surface area contributed by atoms with Crippen LogP contribution in [0, 0.1) is 0 Å². The smallest absolute Gasteiger partial charge is 0.329 e. The fraction of sp³-hybridized carbons (Fsp3) is 1.00. The van der Waals surface area contributed by atoms with Crippen molar-refractivity contribution in [2.75, 3.05) is 31.9 Å². The highest BCUT2D eigenvalue weighted by Gasteiger charge is 2.18. The third kappa shape index (κ3) is 13.8. The molecule has 0 aliphatic rings. The van der Waals surface area contributed by atoms with Gasteiger partial charge in [0.2, 0.25) is 0 Å². The van der Waals surface area contributed by atoms with E-state index in [0.29, 0.717) is 0 Å². The molecule has 0 aromatic heterocycles. The molecule has 0 aromatic rings. The van der Waals surface area contributed by atoms with Crippen LogP contribution in [-0.4, -0.2) is 58.2 Å². The first kappa shape index (κ1) is 20.1. The van der Waals surface area contributed by atoms with E-state index in [1.807, 2.05) is 0 Å². The third-order valence-corrected chi connectivity index (χ3v) is 4.15. The van der Waals surface area contributed by atoms with E-state index in [2.05, 4.69) is 29.3 Å². The van der Waals surface area contributed by atoms with Gasteiger partial charge in [-0.3, -0.25) is 4.55 Å². The van der Waals surface area contributed by atoms with Crippen LogP contribution < -0.4 is 5.73 Å². The van der Waals surface area contributed by atoms with Gasteiger partial charge in [-0.25, -0.2) is 0 Å². The highest BCUT2D eigenvalue weighted by Crippen LogP contribution is 1.96. The highest BCUT2D eigenvalue weighted by atomic mass is 32.3. The van der Waals surface area contributed by atoms with Crippen molar-refractivity contribution in [3.8, 4) is 0 Å². The number of rotatable bonds is 7. The molecule has 18 heavy (non-hydrogen) atoms. The second-order valence-electron chi connectivity index (χ2n) is 3.17. The molecule has 0 amide bonds. The van der Waals surface area contributed by atoms with Crippen LogP contribution in [0.2, 0.25) is 0 Å². The number of nitrogens with zero attached hydrogens (tertiary/aromatic N) is 1. The Labute approximate surface area is 109 Å². The van der Waals surface area contributed by atoms with Gasteiger partial charge in [-0.2, -0.15) is 16.8 Å². The lowest BCUT2D eigenvalue weighted by Gasteiger charge is -2.13. The standard InChI is InChI=1S/C6H15N.C2H7NO6S2/c1-4-7(5-2)6-3;3-1-2-10(4,5)9-11(6,7)8/h4-6H2,1-3H3;1-3H2,(H,6,7,8). The lowest BCUT2D eigenvalue weighted by atomic mass is 10.5. The van der Waals surface area contributed by atoms with Gasteiger partial charge in [-0.15, -0.1) is 3.63 Å². The Morgan fingerprint density at radius 2 is 1.44 bits per heavy atom. The summed E-state index contributed by atoms with van der Waals surface area (Å²) in [5.41, 5.74) is 4.80. The molecular weight excluding hydrogens is 284 g/mol. The van der Waals surface area contributed by atoms with Crippen LogP contribution >= 0.6 is 0 Å². The predicted octanol–water partition coefficient (Wildman–Crippen LogP) is -0.558. The fourth-order valence-electron chi connectivity index (χ4n) is 0.980. The molecule has 0 aliphatic carbocycles. The zero-order chi connectivity index (χ0) is 14.8. The Hall–Kier alpha value is -0.260. The summed E-state index contributed by atoms with van der Waals surface area (Å²) in [6.07, 6.45) is 0. The average molecular weight is 306 g/mol. The summed E-state index contributed by atoms with van der Waals surface area (Å²) >= 11 is 0. The zero-order valence-electron chi connectivity index (χ0n) is 10.9. The van der Waals surface area contributed by atoms with Gasteiger partial charge in [-0.05, 0) is 19.6 Å². The third-order valence-electron chi connectivity index (χ3n) is 1.90. The molecule has 0 rings (SSSR count). The van der Waals surface area contributed by atoms with Crippen LogP contribution in [0.15, 0.2) is 0 Å². The second-order valence-corrected chi connectivity index (χ2v) is 6.09. The molecular formula is C8H22N2O6S2. The molecule has 8 nitrogen and oxygen atoms in total. The summed E-state index contributed by atoms with van der Waals surface area (Å²) in [5, 5.41) is 0. The molecule has 0 atom stereocenters. The molecule has 112 valence electrons. The van der Waals surface area contributed by atoms with E-state index in [-0.39, 0.29) is 6.54 Å². The normalized spacial score (nSPS) is 12.1. The van der Waals surface area contributed by atoms with Crippen LogP contribution in [0.25, 0.3) is 0 Å². The minimum atomic E-state index is -4.95. The molecule has 0 heterocycles. The van der Waals surface area contributed by atoms with Crippen molar-refractivity contribution in [3.05, 3.63) is 0 Å². The summed E-state index contributed by atoms with van der Waals surface area (Å²) in [6.45, 7) is 9.85. The van der Waals surface area contributed by atoms with E-state index in [1.54, 1.807) is 0 Å². The Bertz CT molecular complexity index is 382. The lowest BCUT2D eigenvalue weighted by molar-refractivity contribution is 0.321. The molecule has 0 radical (unpaired) electrons. The Morgan fingerprint density at radius 3 is 1.61 bits per heavy atom. The molecule has 0 unspecified atom stereocenters. The lowest BCUT2D eigenvalue weighted by Crippen LogP contribution is -2.21. The first-order valence-corrected chi connectivity index (χ1v) is 8.39. The zero-order valence-corrected chi connectivity index (χ0v) is 12.5. The summed E-state index contributed by atoms with van der Waals surface area (Å²) in [7, 11) is -9.20. The minimum absolute atomic E-state index is 0.280. The summed E-state index contributed by atoms with van der Waals surface area (Å²) in [5.74, 6) is -0.660. The van der Waals surface area contributed by atoms with Crippen LogP contribution in [0.5, 0.6) is 0 Å². The maximum absolute atomic E-state index is 10.4. The molecule has 0 fully saturated rings. The maximum atomic E-state index is 10.4. The summed E-state index contributed by atoms with van der Waals surface area (Å²) < 4.78 is 51.7. The van der Waals surface area contributed by atoms with Gasteiger partial charge in [0.05, 0.1) is 5.75 Å². The van der Waals surface area contributed by atoms with Crippen molar-refractivity contribution >= 4 is 20.5 Å². The predicted molar refractivity (Wildman–Crippen MR) is 68.9 cm³/mol. The highest BCUT2D eigenvalue weighted by molar-refractivity contribution is 7.97. The molecule has 10 heteroatoms. The second kappa shape index (κ2) is 9.64. The number of hydrogen-bond acceptors (Lipinski definition) is 7. The Kier molecular flexibility index (Phi) is 10.7. The Morgan fingerprint density at radius 1 is 1.06 bits per heavy atom. The fourth-order valence-corrected chi connectivity index (χ4v) is 2.59. The van der Waals surface area contributed by atoms with Gasteiger partial charge in [0, 0.05) is 6.54 Å². The SMILES string of the molecule is CCN(CC)CC.NCCS(=O)(=O)OS(=O)(=O)O. The van der Waals surface area contributed by atoms with Gasteiger partial charge in [0.15, 0.2) is 0 Å². The van der Waals surface area contributed by atoms with Crippen molar-refractivity contribution in [1.82, 2.24) is 4.90 Å². The number of hydrogen-bond donors (Lipinski definition) is 2. The van der Waals surface area contributed by atoms with E-state index < -0.39 is 26.3 Å². The number of nitrogens with two attached hydrogens (primary N) is 1. The van der Waals surface area contributed by atoms with E-state index >= 15 is 0 Å². The molecule has 0 saturated heterocycles. The Balaban J connectivity index is 0. The topological polar surface area (TPSA) is 127 Å². The monoisotopic (exact) mass is 306 g/mol. The molecule has 0 spiro atoms. The van der Waals surface area contributed by atoms with E-state index in [4.69, 9.17) is 10.3 Å². The summed E-state index contributed by atoms with van der Waals surface area (Å²) in [6, 6.07) is 0. The molecule has 0 aliphatic heterocycles. The molecule has 3 N–H and O–H groups in total. The molecule has 0 aromatic carbocycles. The minimum Gasteiger partial charge on any atom is -0.329 e. The van der Waals surface area contributed by atoms with Crippen LogP contribution in [0.1, 0.15) is 20.8 Å². The molecule has 0 saturated carbocycles. The van der Waals surface area contributed by atoms with Crippen molar-refractivity contribution in [2.24, 2.45) is 5.73 Å². The van der Waals surface area contributed by atoms with Gasteiger partial charge in [-0.1, -0.05) is 20.8 Å². The van der Waals surface area contributed by atoms with E-state index in [1.165, 1.54) is 19.6 Å². The van der Waals surface area contributed by atoms with Crippen molar-refractivity contribution in [1.29, 1.82) is 0 Å². The molecule has 0 bridgehead atoms. The van der Waals surface area contributed by atoms with Crippen molar-refractivity contribution in [3.63, 3.8) is 0 Å². The van der Waals surface area contributed by atoms with Gasteiger partial charge in [0.25, 0.3) is 10.1 Å². The largest absolute Gasteiger partial charge is 0.412 e. The summed E-state index contributed by atoms with van der Waals surface area (Å²) in [4.78, 5) is 2.38. The van der Waals surface area contributed by atoms with Crippen molar-refractivity contribution in [2.45, 2.75) is 20.8 Å². The van der Waals surface area contributed by atoms with E-state index in [0.717, 1.165) is 0 Å². The maximum Gasteiger partial charge on any atom is 0.412 e. The van der Waals surface area contributed by atoms with Crippen LogP contribution in [-0.2, 0) is 24.1 Å². The quantitative estimate of drug-likeness (QED) is 0.599. The van der Waals surface area contributed by atoms with Crippen LogP contribution in [0.3, 0.4) is 0 Å². The van der Waals surface area contributed by atoms with E-state index in [9.17, 15) is 16.8 Å². The average Bonchev–Trinajstić information content (AvgIpc) is 2.17.